The van der Waals surface area contributed by atoms with Gasteiger partial charge < -0.3 is 14.4 Å². The molecule has 1 N–H and O–H groups in total. The third-order valence-electron chi connectivity index (χ3n) is 4.32. The minimum atomic E-state index is -0.106. The lowest BCUT2D eigenvalue weighted by Gasteiger charge is -2.36. The predicted octanol–water partition coefficient (Wildman–Crippen LogP) is 1.73. The van der Waals surface area contributed by atoms with Crippen LogP contribution < -0.4 is 0 Å². The van der Waals surface area contributed by atoms with Gasteiger partial charge in [-0.3, -0.25) is 4.90 Å². The molecule has 0 spiro atoms. The molecule has 23 heavy (non-hydrogen) atoms. The van der Waals surface area contributed by atoms with E-state index in [2.05, 4.69) is 26.9 Å². The number of fused-ring (bicyclic) bond motifs is 1. The SMILES string of the molecule is Cc1ccc([C@H](c2sc3ncnn3c2O)N2CCN(C)CC2)o1. The van der Waals surface area contributed by atoms with Gasteiger partial charge in [-0.25, -0.2) is 4.98 Å². The molecular weight excluding hydrogens is 314 g/mol. The van der Waals surface area contributed by atoms with Crippen molar-refractivity contribution in [2.45, 2.75) is 13.0 Å². The normalized spacial score (nSPS) is 18.7. The first-order valence-corrected chi connectivity index (χ1v) is 8.45. The molecule has 0 aliphatic carbocycles. The second-order valence-electron chi connectivity index (χ2n) is 5.93. The summed E-state index contributed by atoms with van der Waals surface area (Å²) in [6.07, 6.45) is 1.46. The van der Waals surface area contributed by atoms with Crippen molar-refractivity contribution in [3.63, 3.8) is 0 Å². The number of aromatic hydroxyl groups is 1. The number of piperazine rings is 1. The number of likely N-dealkylation sites (N-methyl/N-ethyl adjacent to an activating group) is 1. The molecule has 122 valence electrons. The highest BCUT2D eigenvalue weighted by atomic mass is 32.1. The van der Waals surface area contributed by atoms with Gasteiger partial charge in [0.25, 0.3) is 0 Å². The van der Waals surface area contributed by atoms with Crippen molar-refractivity contribution in [2.24, 2.45) is 0 Å². The molecule has 0 bridgehead atoms. The van der Waals surface area contributed by atoms with Gasteiger partial charge in [-0.1, -0.05) is 11.3 Å². The van der Waals surface area contributed by atoms with Crippen LogP contribution in [0, 0.1) is 6.92 Å². The summed E-state index contributed by atoms with van der Waals surface area (Å²) < 4.78 is 7.38. The Morgan fingerprint density at radius 1 is 1.26 bits per heavy atom. The molecule has 1 aliphatic heterocycles. The highest BCUT2D eigenvalue weighted by Gasteiger charge is 2.32. The smallest absolute Gasteiger partial charge is 0.230 e. The Labute approximate surface area is 137 Å². The molecule has 4 rings (SSSR count). The summed E-state index contributed by atoms with van der Waals surface area (Å²) >= 11 is 1.46. The van der Waals surface area contributed by atoms with Crippen LogP contribution in [0.15, 0.2) is 22.9 Å². The minimum absolute atomic E-state index is 0.106. The van der Waals surface area contributed by atoms with Crippen LogP contribution in [-0.2, 0) is 0 Å². The maximum absolute atomic E-state index is 10.6. The van der Waals surface area contributed by atoms with Gasteiger partial charge in [0.05, 0.1) is 4.88 Å². The number of nitrogens with zero attached hydrogens (tertiary/aromatic N) is 5. The second kappa shape index (κ2) is 5.63. The molecule has 3 aromatic heterocycles. The second-order valence-corrected chi connectivity index (χ2v) is 6.94. The van der Waals surface area contributed by atoms with Crippen LogP contribution >= 0.6 is 11.3 Å². The molecule has 4 heterocycles. The topological polar surface area (TPSA) is 70.0 Å². The van der Waals surface area contributed by atoms with Gasteiger partial charge in [-0.2, -0.15) is 9.61 Å². The Bertz CT molecular complexity index is 815. The molecular formula is C15H19N5O2S. The molecule has 3 aromatic rings. The highest BCUT2D eigenvalue weighted by molar-refractivity contribution is 7.17. The van der Waals surface area contributed by atoms with Crippen LogP contribution in [0.1, 0.15) is 22.4 Å². The molecule has 0 radical (unpaired) electrons. The Kier molecular flexibility index (Phi) is 3.59. The van der Waals surface area contributed by atoms with Gasteiger partial charge in [0.15, 0.2) is 0 Å². The maximum atomic E-state index is 10.6. The predicted molar refractivity (Wildman–Crippen MR) is 86.9 cm³/mol. The lowest BCUT2D eigenvalue weighted by atomic mass is 10.1. The number of furan rings is 1. The van der Waals surface area contributed by atoms with Gasteiger partial charge in [0.2, 0.25) is 10.8 Å². The summed E-state index contributed by atoms with van der Waals surface area (Å²) in [6, 6.07) is 3.85. The van der Waals surface area contributed by atoms with E-state index in [1.807, 2.05) is 19.1 Å². The lowest BCUT2D eigenvalue weighted by molar-refractivity contribution is 0.117. The zero-order chi connectivity index (χ0) is 16.0. The monoisotopic (exact) mass is 333 g/mol. The summed E-state index contributed by atoms with van der Waals surface area (Å²) in [7, 11) is 2.13. The molecule has 8 heteroatoms. The van der Waals surface area contributed by atoms with E-state index in [9.17, 15) is 5.11 Å². The summed E-state index contributed by atoms with van der Waals surface area (Å²) in [5.41, 5.74) is 0. The number of rotatable bonds is 3. The number of hydrogen-bond acceptors (Lipinski definition) is 7. The van der Waals surface area contributed by atoms with E-state index in [-0.39, 0.29) is 11.9 Å². The van der Waals surface area contributed by atoms with E-state index < -0.39 is 0 Å². The highest BCUT2D eigenvalue weighted by Crippen LogP contribution is 2.40. The van der Waals surface area contributed by atoms with Gasteiger partial charge in [0.1, 0.15) is 23.9 Å². The fourth-order valence-electron chi connectivity index (χ4n) is 3.03. The van der Waals surface area contributed by atoms with Gasteiger partial charge in [0, 0.05) is 26.2 Å². The number of aryl methyl sites for hydroxylation is 1. The van der Waals surface area contributed by atoms with E-state index in [0.29, 0.717) is 4.96 Å². The third kappa shape index (κ3) is 2.52. The fraction of sp³-hybridized carbons (Fsp3) is 0.467. The summed E-state index contributed by atoms with van der Waals surface area (Å²) in [5, 5.41) is 14.7. The van der Waals surface area contributed by atoms with Crippen LogP contribution in [0.4, 0.5) is 0 Å². The molecule has 1 fully saturated rings. The van der Waals surface area contributed by atoms with Crippen LogP contribution in [0.3, 0.4) is 0 Å². The van der Waals surface area contributed by atoms with E-state index in [1.165, 1.54) is 22.2 Å². The van der Waals surface area contributed by atoms with Crippen molar-refractivity contribution in [1.82, 2.24) is 24.4 Å². The van der Waals surface area contributed by atoms with Crippen molar-refractivity contribution >= 4 is 16.3 Å². The first-order chi connectivity index (χ1) is 11.1. The van der Waals surface area contributed by atoms with Crippen molar-refractivity contribution in [3.8, 4) is 5.88 Å². The largest absolute Gasteiger partial charge is 0.492 e. The van der Waals surface area contributed by atoms with Gasteiger partial charge in [-0.15, -0.1) is 0 Å². The van der Waals surface area contributed by atoms with Crippen molar-refractivity contribution in [3.05, 3.63) is 34.9 Å². The Hall–Kier alpha value is -1.90. The summed E-state index contributed by atoms with van der Waals surface area (Å²) in [5.74, 6) is 1.88. The summed E-state index contributed by atoms with van der Waals surface area (Å²) in [4.78, 5) is 10.4. The molecule has 0 aromatic carbocycles. The summed E-state index contributed by atoms with van der Waals surface area (Å²) in [6.45, 7) is 5.78. The first-order valence-electron chi connectivity index (χ1n) is 7.64. The first kappa shape index (κ1) is 14.7. The average Bonchev–Trinajstić information content (AvgIpc) is 3.22. The standard InChI is InChI=1S/C15H19N5O2S/c1-10-3-4-11(22-10)12(19-7-5-18(2)6-8-19)13-14(21)20-15(23-13)16-9-17-20/h3-4,9,12,21H,5-8H2,1-2H3/t12-/m1/s1. The Balaban J connectivity index is 1.78. The number of thiazole rings is 1. The van der Waals surface area contributed by atoms with E-state index in [4.69, 9.17) is 4.42 Å². The molecule has 1 saturated heterocycles. The zero-order valence-electron chi connectivity index (χ0n) is 13.1. The van der Waals surface area contributed by atoms with E-state index >= 15 is 0 Å². The quantitative estimate of drug-likeness (QED) is 0.787. The zero-order valence-corrected chi connectivity index (χ0v) is 14.0. The molecule has 0 amide bonds. The van der Waals surface area contributed by atoms with Crippen molar-refractivity contribution in [2.75, 3.05) is 33.2 Å². The Morgan fingerprint density at radius 2 is 2.04 bits per heavy atom. The average molecular weight is 333 g/mol. The van der Waals surface area contributed by atoms with Crippen LogP contribution in [0.25, 0.3) is 4.96 Å². The van der Waals surface area contributed by atoms with Crippen LogP contribution in [0.5, 0.6) is 5.88 Å². The molecule has 1 aliphatic rings. The van der Waals surface area contributed by atoms with Gasteiger partial charge in [-0.05, 0) is 26.1 Å². The lowest BCUT2D eigenvalue weighted by Crippen LogP contribution is -2.46. The number of hydrogen-bond donors (Lipinski definition) is 1. The van der Waals surface area contributed by atoms with E-state index in [0.717, 1.165) is 42.6 Å². The van der Waals surface area contributed by atoms with Crippen molar-refractivity contribution in [1.29, 1.82) is 0 Å². The fourth-order valence-corrected chi connectivity index (χ4v) is 4.10. The molecule has 0 saturated carbocycles. The van der Waals surface area contributed by atoms with Crippen LogP contribution in [0.2, 0.25) is 0 Å². The minimum Gasteiger partial charge on any atom is -0.492 e. The molecule has 7 nitrogen and oxygen atoms in total. The molecule has 1 atom stereocenters. The van der Waals surface area contributed by atoms with Crippen molar-refractivity contribution < 1.29 is 9.52 Å². The third-order valence-corrected chi connectivity index (χ3v) is 5.41. The number of aromatic nitrogens is 3. The Morgan fingerprint density at radius 3 is 2.70 bits per heavy atom. The van der Waals surface area contributed by atoms with Gasteiger partial charge >= 0.3 is 0 Å². The van der Waals surface area contributed by atoms with Crippen LogP contribution in [-0.4, -0.2) is 62.7 Å². The molecule has 0 unspecified atom stereocenters. The maximum Gasteiger partial charge on any atom is 0.230 e. The van der Waals surface area contributed by atoms with E-state index in [1.54, 1.807) is 0 Å².